The molecular weight excluding hydrogens is 287 g/mol. The molecule has 0 aliphatic carbocycles. The van der Waals surface area contributed by atoms with Crippen molar-refractivity contribution in [2.75, 3.05) is 7.05 Å². The summed E-state index contributed by atoms with van der Waals surface area (Å²) in [5, 5.41) is 0. The van der Waals surface area contributed by atoms with E-state index in [0.29, 0.717) is 0 Å². The first-order chi connectivity index (χ1) is 7.31. The second-order valence-corrected chi connectivity index (χ2v) is 4.96. The quantitative estimate of drug-likeness (QED) is 0.241. The van der Waals surface area contributed by atoms with Gasteiger partial charge < -0.3 is 17.5 Å². The van der Waals surface area contributed by atoms with E-state index in [1.807, 2.05) is 58.2 Å². The summed E-state index contributed by atoms with van der Waals surface area (Å²) in [6.07, 6.45) is 1.72. The average molecular weight is 307 g/mol. The van der Waals surface area contributed by atoms with Gasteiger partial charge in [0.25, 0.3) is 0 Å². The van der Waals surface area contributed by atoms with Crippen LogP contribution in [0.1, 0.15) is 20.8 Å². The third kappa shape index (κ3) is 18.4. The minimum Gasteiger partial charge on any atom is -0.780 e. The summed E-state index contributed by atoms with van der Waals surface area (Å²) in [5.41, 5.74) is 0.0198. The van der Waals surface area contributed by atoms with Gasteiger partial charge in [-0.05, 0) is 27.8 Å². The molecule has 0 heterocycles. The van der Waals surface area contributed by atoms with Gasteiger partial charge in [0.1, 0.15) is 0 Å². The van der Waals surface area contributed by atoms with Gasteiger partial charge in [-0.15, -0.1) is 0 Å². The van der Waals surface area contributed by atoms with Crippen LogP contribution in [0.3, 0.4) is 0 Å². The maximum absolute atomic E-state index is 4.81. The van der Waals surface area contributed by atoms with Gasteiger partial charge in [-0.25, -0.2) is 0 Å². The van der Waals surface area contributed by atoms with E-state index < -0.39 is 0 Å². The second-order valence-electron chi connectivity index (χ2n) is 4.49. The van der Waals surface area contributed by atoms with E-state index in [-0.39, 0.29) is 41.5 Å². The van der Waals surface area contributed by atoms with Crippen LogP contribution >= 0.6 is 0 Å². The zero-order valence-corrected chi connectivity index (χ0v) is 13.5. The van der Waals surface area contributed by atoms with Crippen molar-refractivity contribution >= 4 is 19.0 Å². The van der Waals surface area contributed by atoms with Crippen LogP contribution in [-0.2, 0) is 29.7 Å². The molecule has 0 saturated heterocycles. The summed E-state index contributed by atoms with van der Waals surface area (Å²) in [6.45, 7) is 6.15. The number of hydrogen-bond acceptors (Lipinski definition) is 2. The number of hydrogen-bond donors (Lipinski definition) is 0. The molecule has 0 spiro atoms. The maximum Gasteiger partial charge on any atom is 1.00 e. The largest absolute Gasteiger partial charge is 1.00 e. The van der Waals surface area contributed by atoms with E-state index in [9.17, 15) is 0 Å². The Morgan fingerprint density at radius 1 is 1.22 bits per heavy atom. The van der Waals surface area contributed by atoms with Crippen molar-refractivity contribution in [3.8, 4) is 0 Å². The third-order valence-electron chi connectivity index (χ3n) is 1.39. The first-order valence-corrected chi connectivity index (χ1v) is 5.53. The van der Waals surface area contributed by atoms with Crippen LogP contribution in [0.15, 0.2) is 40.2 Å². The Hall–Kier alpha value is 0.0269. The van der Waals surface area contributed by atoms with Crippen LogP contribution in [0, 0.1) is 7.05 Å². The Kier molecular flexibility index (Phi) is 15.5. The van der Waals surface area contributed by atoms with Gasteiger partial charge >= 0.3 is 35.9 Å². The van der Waals surface area contributed by atoms with Gasteiger partial charge in [-0.2, -0.15) is 4.90 Å². The van der Waals surface area contributed by atoms with E-state index in [0.717, 1.165) is 4.90 Å². The van der Waals surface area contributed by atoms with Crippen LogP contribution in [-0.4, -0.2) is 23.8 Å². The molecule has 0 atom stereocenters. The number of rotatable bonds is 1. The zero-order chi connectivity index (χ0) is 12.6. The standard InChI is InChI=1S/C7H15N2.C6H6S.Cu.Li/c1-7(2,3)8-6-9(4)5;7-6-4-2-1-3-5-6;;/h6H,4H2,1-3,5H3;1-5,7H;;/q-1;;2*+1/p-1. The molecule has 0 bridgehead atoms. The van der Waals surface area contributed by atoms with Gasteiger partial charge in [0.15, 0.2) is 0 Å². The van der Waals surface area contributed by atoms with Crippen LogP contribution in [0.5, 0.6) is 0 Å². The monoisotopic (exact) mass is 306 g/mol. The Morgan fingerprint density at radius 2 is 1.67 bits per heavy atom. The van der Waals surface area contributed by atoms with Crippen molar-refractivity contribution in [3.05, 3.63) is 37.4 Å². The molecule has 1 rings (SSSR count). The Labute approximate surface area is 140 Å². The van der Waals surface area contributed by atoms with Crippen molar-refractivity contribution in [2.24, 2.45) is 4.99 Å². The predicted octanol–water partition coefficient (Wildman–Crippen LogP) is 0.130. The first kappa shape index (κ1) is 23.1. The molecule has 2 nitrogen and oxygen atoms in total. The van der Waals surface area contributed by atoms with Crippen molar-refractivity contribution in [3.63, 3.8) is 0 Å². The van der Waals surface area contributed by atoms with Gasteiger partial charge in [0.2, 0.25) is 0 Å². The number of aliphatic imine (C=N–C) groups is 1. The molecule has 0 radical (unpaired) electrons. The first-order valence-electron chi connectivity index (χ1n) is 5.12. The molecule has 5 heteroatoms. The van der Waals surface area contributed by atoms with Crippen LogP contribution in [0.2, 0.25) is 0 Å². The van der Waals surface area contributed by atoms with E-state index in [1.165, 1.54) is 0 Å². The smallest absolute Gasteiger partial charge is 0.780 e. The number of benzene rings is 1. The van der Waals surface area contributed by atoms with E-state index in [4.69, 9.17) is 12.6 Å². The van der Waals surface area contributed by atoms with Crippen LogP contribution in [0.4, 0.5) is 0 Å². The van der Waals surface area contributed by atoms with Crippen molar-refractivity contribution in [2.45, 2.75) is 31.2 Å². The molecule has 0 N–H and O–H groups in total. The summed E-state index contributed by atoms with van der Waals surface area (Å²) in [4.78, 5) is 6.79. The molecule has 0 unspecified atom stereocenters. The molecule has 0 aliphatic rings. The topological polar surface area (TPSA) is 15.6 Å². The van der Waals surface area contributed by atoms with E-state index in [1.54, 1.807) is 11.2 Å². The predicted molar refractivity (Wildman–Crippen MR) is 73.4 cm³/mol. The third-order valence-corrected chi connectivity index (χ3v) is 1.66. The minimum atomic E-state index is 0. The SMILES string of the molecule is [CH2-]N(C)C=NC(C)(C)C.[Cu+].[Li+].[S-]c1ccccc1. The van der Waals surface area contributed by atoms with Crippen LogP contribution in [0.25, 0.3) is 0 Å². The van der Waals surface area contributed by atoms with Crippen LogP contribution < -0.4 is 18.9 Å². The Morgan fingerprint density at radius 3 is 1.83 bits per heavy atom. The summed E-state index contributed by atoms with van der Waals surface area (Å²) in [6, 6.07) is 9.62. The molecule has 1 aromatic carbocycles. The molecule has 18 heavy (non-hydrogen) atoms. The molecule has 100 valence electrons. The molecule has 0 amide bonds. The van der Waals surface area contributed by atoms with Gasteiger partial charge in [-0.3, -0.25) is 12.0 Å². The number of nitrogens with zero attached hydrogens (tertiary/aromatic N) is 2. The normalized spacial score (nSPS) is 9.61. The summed E-state index contributed by atoms with van der Waals surface area (Å²) in [7, 11) is 5.48. The fourth-order valence-corrected chi connectivity index (χ4v) is 0.849. The fourth-order valence-electron chi connectivity index (χ4n) is 0.692. The van der Waals surface area contributed by atoms with Gasteiger partial charge in [0, 0.05) is 0 Å². The maximum atomic E-state index is 4.81. The van der Waals surface area contributed by atoms with Gasteiger partial charge in [0.05, 0.1) is 11.9 Å². The Balaban J connectivity index is -0.000000229. The fraction of sp³-hybridized carbons (Fsp3) is 0.385. The van der Waals surface area contributed by atoms with E-state index >= 15 is 0 Å². The van der Waals surface area contributed by atoms with Crippen molar-refractivity contribution in [1.82, 2.24) is 4.90 Å². The molecule has 0 saturated carbocycles. The van der Waals surface area contributed by atoms with Crippen molar-refractivity contribution < 1.29 is 35.9 Å². The zero-order valence-electron chi connectivity index (χ0n) is 11.8. The van der Waals surface area contributed by atoms with Gasteiger partial charge in [-0.1, -0.05) is 30.3 Å². The van der Waals surface area contributed by atoms with Crippen molar-refractivity contribution in [1.29, 1.82) is 0 Å². The Bertz CT molecular complexity index is 311. The summed E-state index contributed by atoms with van der Waals surface area (Å²) >= 11 is 4.81. The molecule has 0 aliphatic heterocycles. The molecule has 0 aromatic heterocycles. The second kappa shape index (κ2) is 12.1. The average Bonchev–Trinajstić information content (AvgIpc) is 2.16. The minimum absolute atomic E-state index is 0. The molecule has 0 fully saturated rings. The van der Waals surface area contributed by atoms with E-state index in [2.05, 4.69) is 12.0 Å². The summed E-state index contributed by atoms with van der Waals surface area (Å²) in [5.74, 6) is 0. The summed E-state index contributed by atoms with van der Waals surface area (Å²) < 4.78 is 0. The molecule has 1 aromatic rings. The molecular formula is C13H20CuLiN2S.